The normalized spacial score (nSPS) is 14.1. The lowest BCUT2D eigenvalue weighted by molar-refractivity contribution is 0.0636. The monoisotopic (exact) mass is 239 g/mol. The maximum Gasteiger partial charge on any atom is 0.215 e. The summed E-state index contributed by atoms with van der Waals surface area (Å²) in [6.07, 6.45) is 1.65. The largest absolute Gasteiger partial charge is 0.481 e. The number of nitrogens with one attached hydrogen (secondary N) is 1. The van der Waals surface area contributed by atoms with Crippen molar-refractivity contribution in [3.63, 3.8) is 0 Å². The highest BCUT2D eigenvalue weighted by atomic mass is 16.5. The van der Waals surface area contributed by atoms with Crippen molar-refractivity contribution < 1.29 is 9.84 Å². The molecule has 0 bridgehead atoms. The molecule has 0 saturated heterocycles. The van der Waals surface area contributed by atoms with E-state index in [9.17, 15) is 5.11 Å². The Morgan fingerprint density at radius 2 is 2.24 bits per heavy atom. The second-order valence-electron chi connectivity index (χ2n) is 4.39. The number of nitrogens with zero attached hydrogens (tertiary/aromatic N) is 1. The van der Waals surface area contributed by atoms with Gasteiger partial charge in [0.2, 0.25) is 5.88 Å². The van der Waals surface area contributed by atoms with Crippen LogP contribution in [0.5, 0.6) is 5.88 Å². The topological polar surface area (TPSA) is 80.4 Å². The van der Waals surface area contributed by atoms with Gasteiger partial charge in [0.05, 0.1) is 18.4 Å². The minimum absolute atomic E-state index is 0.408. The summed E-state index contributed by atoms with van der Waals surface area (Å²) in [4.78, 5) is 4.18. The molecule has 0 aliphatic carbocycles. The van der Waals surface area contributed by atoms with Crippen LogP contribution in [0.15, 0.2) is 12.1 Å². The number of rotatable bonds is 6. The van der Waals surface area contributed by atoms with Gasteiger partial charge < -0.3 is 20.9 Å². The lowest BCUT2D eigenvalue weighted by Crippen LogP contribution is -2.33. The van der Waals surface area contributed by atoms with Crippen LogP contribution in [0.4, 0.5) is 11.5 Å². The fourth-order valence-electron chi connectivity index (χ4n) is 1.61. The zero-order chi connectivity index (χ0) is 12.9. The Balaban J connectivity index is 2.68. The van der Waals surface area contributed by atoms with Gasteiger partial charge in [-0.1, -0.05) is 13.3 Å². The van der Waals surface area contributed by atoms with Crippen molar-refractivity contribution in [2.45, 2.75) is 32.3 Å². The summed E-state index contributed by atoms with van der Waals surface area (Å²) in [5.41, 5.74) is 5.57. The molecule has 1 atom stereocenters. The fraction of sp³-hybridized carbons (Fsp3) is 0.583. The molecule has 0 aliphatic heterocycles. The third-order valence-corrected chi connectivity index (χ3v) is 2.54. The van der Waals surface area contributed by atoms with Crippen molar-refractivity contribution in [3.05, 3.63) is 12.1 Å². The summed E-state index contributed by atoms with van der Waals surface area (Å²) in [6.45, 7) is 4.23. The molecule has 0 aromatic carbocycles. The Bertz CT molecular complexity index is 367. The summed E-state index contributed by atoms with van der Waals surface area (Å²) in [5, 5.41) is 13.1. The van der Waals surface area contributed by atoms with Gasteiger partial charge in [-0.2, -0.15) is 4.98 Å². The number of ether oxygens (including phenoxy) is 1. The van der Waals surface area contributed by atoms with Crippen molar-refractivity contribution >= 4 is 11.5 Å². The van der Waals surface area contributed by atoms with Crippen LogP contribution in [0.2, 0.25) is 0 Å². The highest BCUT2D eigenvalue weighted by Crippen LogP contribution is 2.21. The molecule has 1 heterocycles. The van der Waals surface area contributed by atoms with Crippen LogP contribution in [0, 0.1) is 0 Å². The van der Waals surface area contributed by atoms with Gasteiger partial charge in [-0.3, -0.25) is 0 Å². The van der Waals surface area contributed by atoms with Gasteiger partial charge in [0.25, 0.3) is 0 Å². The van der Waals surface area contributed by atoms with E-state index in [4.69, 9.17) is 10.5 Å². The number of nitrogen functional groups attached to an aromatic ring is 1. The van der Waals surface area contributed by atoms with E-state index in [-0.39, 0.29) is 0 Å². The standard InChI is InChI=1S/C12H21N3O2/c1-4-7-12(2,16)8-14-11-9(13)5-6-10(15-11)17-3/h5-6,16H,4,7-8,13H2,1-3H3,(H,14,15). The van der Waals surface area contributed by atoms with E-state index in [0.29, 0.717) is 23.9 Å². The third kappa shape index (κ3) is 4.11. The second-order valence-corrected chi connectivity index (χ2v) is 4.39. The minimum atomic E-state index is -0.758. The first kappa shape index (κ1) is 13.6. The zero-order valence-corrected chi connectivity index (χ0v) is 10.7. The smallest absolute Gasteiger partial charge is 0.215 e. The molecular weight excluding hydrogens is 218 g/mol. The Morgan fingerprint density at radius 1 is 1.53 bits per heavy atom. The van der Waals surface area contributed by atoms with Crippen LogP contribution in [0.3, 0.4) is 0 Å². The maximum absolute atomic E-state index is 10.0. The fourth-order valence-corrected chi connectivity index (χ4v) is 1.61. The van der Waals surface area contributed by atoms with Gasteiger partial charge in [-0.15, -0.1) is 0 Å². The van der Waals surface area contributed by atoms with Crippen LogP contribution in [0.25, 0.3) is 0 Å². The van der Waals surface area contributed by atoms with Gasteiger partial charge in [-0.25, -0.2) is 0 Å². The number of aromatic nitrogens is 1. The van der Waals surface area contributed by atoms with Crippen molar-refractivity contribution in [2.24, 2.45) is 0 Å². The summed E-state index contributed by atoms with van der Waals surface area (Å²) in [7, 11) is 1.55. The molecule has 0 fully saturated rings. The van der Waals surface area contributed by atoms with Crippen LogP contribution in [-0.4, -0.2) is 29.3 Å². The molecule has 96 valence electrons. The summed E-state index contributed by atoms with van der Waals surface area (Å²) < 4.78 is 5.02. The molecule has 5 heteroatoms. The molecule has 5 nitrogen and oxygen atoms in total. The number of nitrogens with two attached hydrogens (primary N) is 1. The number of anilines is 2. The first-order valence-electron chi connectivity index (χ1n) is 5.75. The van der Waals surface area contributed by atoms with E-state index in [1.807, 2.05) is 6.92 Å². The molecule has 4 N–H and O–H groups in total. The first-order valence-corrected chi connectivity index (χ1v) is 5.75. The van der Waals surface area contributed by atoms with Gasteiger partial charge >= 0.3 is 0 Å². The van der Waals surface area contributed by atoms with Crippen molar-refractivity contribution in [2.75, 3.05) is 24.7 Å². The Hall–Kier alpha value is -1.49. The lowest BCUT2D eigenvalue weighted by Gasteiger charge is -2.23. The summed E-state index contributed by atoms with van der Waals surface area (Å²) >= 11 is 0. The SMILES string of the molecule is CCCC(C)(O)CNc1nc(OC)ccc1N. The average molecular weight is 239 g/mol. The maximum atomic E-state index is 10.0. The van der Waals surface area contributed by atoms with Crippen LogP contribution in [-0.2, 0) is 0 Å². The number of aliphatic hydroxyl groups is 1. The van der Waals surface area contributed by atoms with Gasteiger partial charge in [0.15, 0.2) is 5.82 Å². The van der Waals surface area contributed by atoms with E-state index in [1.54, 1.807) is 26.2 Å². The minimum Gasteiger partial charge on any atom is -0.481 e. The van der Waals surface area contributed by atoms with E-state index in [1.165, 1.54) is 0 Å². The number of pyridine rings is 1. The van der Waals surface area contributed by atoms with Gasteiger partial charge in [0.1, 0.15) is 0 Å². The Morgan fingerprint density at radius 3 is 2.82 bits per heavy atom. The van der Waals surface area contributed by atoms with Crippen LogP contribution in [0.1, 0.15) is 26.7 Å². The molecular formula is C12H21N3O2. The summed E-state index contributed by atoms with van der Waals surface area (Å²) in [6, 6.07) is 3.42. The zero-order valence-electron chi connectivity index (χ0n) is 10.7. The molecule has 1 unspecified atom stereocenters. The molecule has 1 aromatic rings. The molecule has 0 aliphatic rings. The Labute approximate surface area is 102 Å². The van der Waals surface area contributed by atoms with E-state index >= 15 is 0 Å². The summed E-state index contributed by atoms with van der Waals surface area (Å²) in [5.74, 6) is 1.04. The molecule has 1 rings (SSSR count). The molecule has 0 amide bonds. The van der Waals surface area contributed by atoms with E-state index in [0.717, 1.165) is 12.8 Å². The lowest BCUT2D eigenvalue weighted by atomic mass is 10.0. The molecule has 1 aromatic heterocycles. The molecule has 0 saturated carbocycles. The number of methoxy groups -OCH3 is 1. The average Bonchev–Trinajstić information content (AvgIpc) is 2.28. The highest BCUT2D eigenvalue weighted by molar-refractivity contribution is 5.62. The van der Waals surface area contributed by atoms with E-state index < -0.39 is 5.60 Å². The predicted molar refractivity (Wildman–Crippen MR) is 69.2 cm³/mol. The highest BCUT2D eigenvalue weighted by Gasteiger charge is 2.19. The van der Waals surface area contributed by atoms with Crippen molar-refractivity contribution in [3.8, 4) is 5.88 Å². The van der Waals surface area contributed by atoms with Crippen LogP contribution >= 0.6 is 0 Å². The quantitative estimate of drug-likeness (QED) is 0.703. The van der Waals surface area contributed by atoms with Crippen molar-refractivity contribution in [1.82, 2.24) is 4.98 Å². The van der Waals surface area contributed by atoms with Gasteiger partial charge in [-0.05, 0) is 19.4 Å². The molecule has 0 spiro atoms. The Kier molecular flexibility index (Phi) is 4.57. The predicted octanol–water partition coefficient (Wildman–Crippen LogP) is 1.64. The van der Waals surface area contributed by atoms with E-state index in [2.05, 4.69) is 10.3 Å². The number of hydrogen-bond donors (Lipinski definition) is 3. The number of hydrogen-bond acceptors (Lipinski definition) is 5. The molecule has 17 heavy (non-hydrogen) atoms. The van der Waals surface area contributed by atoms with Gasteiger partial charge in [0, 0.05) is 12.6 Å². The van der Waals surface area contributed by atoms with Crippen LogP contribution < -0.4 is 15.8 Å². The third-order valence-electron chi connectivity index (χ3n) is 2.54. The second kappa shape index (κ2) is 5.72. The first-order chi connectivity index (χ1) is 7.98. The van der Waals surface area contributed by atoms with Crippen molar-refractivity contribution in [1.29, 1.82) is 0 Å². The molecule has 0 radical (unpaired) electrons.